The normalized spacial score (nSPS) is 12.7. The van der Waals surface area contributed by atoms with Crippen molar-refractivity contribution in [1.82, 2.24) is 10.2 Å². The summed E-state index contributed by atoms with van der Waals surface area (Å²) >= 11 is 0. The molecule has 0 aliphatic carbocycles. The van der Waals surface area contributed by atoms with Crippen molar-refractivity contribution in [2.75, 3.05) is 23.7 Å². The van der Waals surface area contributed by atoms with E-state index in [-0.39, 0.29) is 18.5 Å². The summed E-state index contributed by atoms with van der Waals surface area (Å²) in [4.78, 5) is 28.1. The van der Waals surface area contributed by atoms with E-state index < -0.39 is 28.5 Å². The van der Waals surface area contributed by atoms with Crippen molar-refractivity contribution in [3.05, 3.63) is 96.1 Å². The zero-order valence-electron chi connectivity index (χ0n) is 23.6. The summed E-state index contributed by atoms with van der Waals surface area (Å²) < 4.78 is 32.5. The highest BCUT2D eigenvalue weighted by Gasteiger charge is 2.30. The minimum absolute atomic E-state index is 0.0452. The van der Waals surface area contributed by atoms with Gasteiger partial charge in [0, 0.05) is 12.6 Å². The van der Waals surface area contributed by atoms with Crippen LogP contribution >= 0.6 is 0 Å². The predicted molar refractivity (Wildman–Crippen MR) is 159 cm³/mol. The molecule has 2 atom stereocenters. The van der Waals surface area contributed by atoms with Gasteiger partial charge in [0.2, 0.25) is 21.8 Å². The summed E-state index contributed by atoms with van der Waals surface area (Å²) in [6.45, 7) is 5.75. The lowest BCUT2D eigenvalue weighted by molar-refractivity contribution is -0.139. The van der Waals surface area contributed by atoms with Gasteiger partial charge in [0.15, 0.2) is 0 Å². The van der Waals surface area contributed by atoms with E-state index in [1.165, 1.54) is 4.90 Å². The van der Waals surface area contributed by atoms with Crippen LogP contribution < -0.4 is 14.4 Å². The van der Waals surface area contributed by atoms with Crippen molar-refractivity contribution < 1.29 is 22.7 Å². The molecule has 1 N–H and O–H groups in total. The van der Waals surface area contributed by atoms with E-state index >= 15 is 0 Å². The number of hydrogen-bond acceptors (Lipinski definition) is 5. The Labute approximate surface area is 238 Å². The summed E-state index contributed by atoms with van der Waals surface area (Å²) in [5, 5.41) is 2.93. The molecular formula is C31H39N3O5S. The molecule has 3 rings (SSSR count). The topological polar surface area (TPSA) is 96.0 Å². The second-order valence-corrected chi connectivity index (χ2v) is 11.8. The van der Waals surface area contributed by atoms with E-state index in [0.717, 1.165) is 28.1 Å². The van der Waals surface area contributed by atoms with Gasteiger partial charge in [0.05, 0.1) is 11.9 Å². The molecule has 0 saturated carbocycles. The van der Waals surface area contributed by atoms with Crippen molar-refractivity contribution in [3.63, 3.8) is 0 Å². The SMILES string of the molecule is CC[C@@H](C)NC(=O)[C@@H](C)N(CCc1ccccc1)C(=O)CN(c1ccc(OCc2ccccc2)cc1)S(C)(=O)=O. The highest BCUT2D eigenvalue weighted by molar-refractivity contribution is 7.92. The van der Waals surface area contributed by atoms with Crippen LogP contribution in [0.4, 0.5) is 5.69 Å². The largest absolute Gasteiger partial charge is 0.489 e. The van der Waals surface area contributed by atoms with Crippen molar-refractivity contribution >= 4 is 27.5 Å². The molecule has 40 heavy (non-hydrogen) atoms. The van der Waals surface area contributed by atoms with Crippen LogP contribution in [0.5, 0.6) is 5.75 Å². The molecule has 0 aliphatic heterocycles. The van der Waals surface area contributed by atoms with Crippen LogP contribution in [0.1, 0.15) is 38.3 Å². The van der Waals surface area contributed by atoms with Gasteiger partial charge in [-0.1, -0.05) is 67.6 Å². The predicted octanol–water partition coefficient (Wildman–Crippen LogP) is 4.41. The molecule has 0 spiro atoms. The number of nitrogens with zero attached hydrogens (tertiary/aromatic N) is 2. The Morgan fingerprint density at radius 2 is 1.45 bits per heavy atom. The van der Waals surface area contributed by atoms with Crippen LogP contribution in [0.15, 0.2) is 84.9 Å². The molecule has 0 fully saturated rings. The monoisotopic (exact) mass is 565 g/mol. The maximum atomic E-state index is 13.6. The van der Waals surface area contributed by atoms with Crippen LogP contribution in [0.25, 0.3) is 0 Å². The number of carbonyl (C=O) groups is 2. The number of nitrogens with one attached hydrogen (secondary N) is 1. The summed E-state index contributed by atoms with van der Waals surface area (Å²) in [6, 6.07) is 25.1. The Morgan fingerprint density at radius 1 is 0.875 bits per heavy atom. The quantitative estimate of drug-likeness (QED) is 0.313. The second kappa shape index (κ2) is 14.5. The van der Waals surface area contributed by atoms with Gasteiger partial charge in [-0.15, -0.1) is 0 Å². The van der Waals surface area contributed by atoms with Gasteiger partial charge in [0.1, 0.15) is 24.9 Å². The number of carbonyl (C=O) groups excluding carboxylic acids is 2. The van der Waals surface area contributed by atoms with Gasteiger partial charge in [-0.3, -0.25) is 13.9 Å². The van der Waals surface area contributed by atoms with Crippen molar-refractivity contribution in [3.8, 4) is 5.75 Å². The molecular weight excluding hydrogens is 526 g/mol. The Balaban J connectivity index is 1.78. The highest BCUT2D eigenvalue weighted by Crippen LogP contribution is 2.23. The molecule has 0 heterocycles. The van der Waals surface area contributed by atoms with E-state index in [9.17, 15) is 18.0 Å². The zero-order chi connectivity index (χ0) is 29.1. The Kier molecular flexibility index (Phi) is 11.1. The Bertz CT molecular complexity index is 1330. The van der Waals surface area contributed by atoms with E-state index in [2.05, 4.69) is 5.32 Å². The molecule has 0 aromatic heterocycles. The van der Waals surface area contributed by atoms with Gasteiger partial charge in [-0.2, -0.15) is 0 Å². The molecule has 0 aliphatic rings. The first-order valence-corrected chi connectivity index (χ1v) is 15.3. The van der Waals surface area contributed by atoms with Crippen molar-refractivity contribution in [2.45, 2.75) is 52.3 Å². The van der Waals surface area contributed by atoms with Crippen LogP contribution in [0.3, 0.4) is 0 Å². The van der Waals surface area contributed by atoms with Crippen molar-refractivity contribution in [1.29, 1.82) is 0 Å². The average molecular weight is 566 g/mol. The number of benzene rings is 3. The number of anilines is 1. The molecule has 9 heteroatoms. The summed E-state index contributed by atoms with van der Waals surface area (Å²) in [5.74, 6) is -0.161. The lowest BCUT2D eigenvalue weighted by Crippen LogP contribution is -2.53. The number of rotatable bonds is 14. The number of amides is 2. The van der Waals surface area contributed by atoms with Crippen LogP contribution in [-0.4, -0.2) is 56.6 Å². The second-order valence-electron chi connectivity index (χ2n) is 9.85. The smallest absolute Gasteiger partial charge is 0.244 e. The molecule has 3 aromatic carbocycles. The molecule has 0 saturated heterocycles. The molecule has 3 aromatic rings. The fourth-order valence-electron chi connectivity index (χ4n) is 4.10. The molecule has 8 nitrogen and oxygen atoms in total. The number of ether oxygens (including phenoxy) is 1. The molecule has 2 amide bonds. The first kappa shape index (κ1) is 30.7. The lowest BCUT2D eigenvalue weighted by Gasteiger charge is -2.32. The molecule has 0 unspecified atom stereocenters. The standard InChI is InChI=1S/C31H39N3O5S/c1-5-24(2)32-31(36)25(3)33(21-20-26-12-8-6-9-13-26)30(35)22-34(40(4,37)38)28-16-18-29(19-17-28)39-23-27-14-10-7-11-15-27/h6-19,24-25H,5,20-23H2,1-4H3,(H,32,36)/t24-,25-/m1/s1. The fourth-order valence-corrected chi connectivity index (χ4v) is 4.95. The third kappa shape index (κ3) is 9.12. The first-order chi connectivity index (χ1) is 19.1. The Morgan fingerprint density at radius 3 is 2.00 bits per heavy atom. The average Bonchev–Trinajstić information content (AvgIpc) is 2.95. The van der Waals surface area contributed by atoms with Gasteiger partial charge < -0.3 is 15.0 Å². The molecule has 214 valence electrons. The number of sulfonamides is 1. The van der Waals surface area contributed by atoms with Crippen LogP contribution in [0.2, 0.25) is 0 Å². The first-order valence-electron chi connectivity index (χ1n) is 13.5. The lowest BCUT2D eigenvalue weighted by atomic mass is 10.1. The summed E-state index contributed by atoms with van der Waals surface area (Å²) in [5.41, 5.74) is 2.36. The van der Waals surface area contributed by atoms with E-state index in [1.807, 2.05) is 74.5 Å². The van der Waals surface area contributed by atoms with Gasteiger partial charge in [-0.05, 0) is 62.1 Å². The highest BCUT2D eigenvalue weighted by atomic mass is 32.2. The minimum atomic E-state index is -3.81. The Hall–Kier alpha value is -3.85. The van der Waals surface area contributed by atoms with Gasteiger partial charge >= 0.3 is 0 Å². The van der Waals surface area contributed by atoms with Gasteiger partial charge in [-0.25, -0.2) is 8.42 Å². The molecule has 0 bridgehead atoms. The van der Waals surface area contributed by atoms with E-state index in [0.29, 0.717) is 24.5 Å². The van der Waals surface area contributed by atoms with Crippen molar-refractivity contribution in [2.24, 2.45) is 0 Å². The maximum Gasteiger partial charge on any atom is 0.244 e. The summed E-state index contributed by atoms with van der Waals surface area (Å²) in [7, 11) is -3.81. The zero-order valence-corrected chi connectivity index (χ0v) is 24.4. The van der Waals surface area contributed by atoms with Gasteiger partial charge in [0.25, 0.3) is 0 Å². The van der Waals surface area contributed by atoms with E-state index in [4.69, 9.17) is 4.74 Å². The van der Waals surface area contributed by atoms with Crippen LogP contribution in [-0.2, 0) is 32.6 Å². The fraction of sp³-hybridized carbons (Fsp3) is 0.355. The van der Waals surface area contributed by atoms with E-state index in [1.54, 1.807) is 31.2 Å². The molecule has 0 radical (unpaired) electrons. The third-order valence-electron chi connectivity index (χ3n) is 6.70. The van der Waals surface area contributed by atoms with Crippen LogP contribution in [0, 0.1) is 0 Å². The minimum Gasteiger partial charge on any atom is -0.489 e. The maximum absolute atomic E-state index is 13.6. The third-order valence-corrected chi connectivity index (χ3v) is 7.85. The number of hydrogen-bond donors (Lipinski definition) is 1. The summed E-state index contributed by atoms with van der Waals surface area (Å²) in [6.07, 6.45) is 2.34.